The Hall–Kier alpha value is -3.20. The van der Waals surface area contributed by atoms with E-state index in [1.54, 1.807) is 14.2 Å². The maximum absolute atomic E-state index is 5.45. The van der Waals surface area contributed by atoms with Gasteiger partial charge < -0.3 is 14.0 Å². The first-order chi connectivity index (χ1) is 13.3. The van der Waals surface area contributed by atoms with Gasteiger partial charge in [0, 0.05) is 23.6 Å². The van der Waals surface area contributed by atoms with Crippen molar-refractivity contribution in [3.05, 3.63) is 95.7 Å². The highest BCUT2D eigenvalue weighted by Crippen LogP contribution is 2.29. The molecule has 0 aliphatic rings. The van der Waals surface area contributed by atoms with E-state index in [1.165, 1.54) is 27.6 Å². The molecule has 0 aliphatic heterocycles. The minimum Gasteiger partial charge on any atom is -0.493 e. The average molecular weight is 357 g/mol. The lowest BCUT2D eigenvalue weighted by Crippen LogP contribution is -1.99. The number of hydrogen-bond acceptors (Lipinski definition) is 2. The molecule has 0 saturated heterocycles. The molecule has 3 nitrogen and oxygen atoms in total. The fraction of sp³-hybridized carbons (Fsp3) is 0.167. The van der Waals surface area contributed by atoms with Crippen LogP contribution in [-0.4, -0.2) is 18.8 Å². The van der Waals surface area contributed by atoms with Gasteiger partial charge in [-0.25, -0.2) is 0 Å². The van der Waals surface area contributed by atoms with Gasteiger partial charge in [-0.15, -0.1) is 0 Å². The Kier molecular flexibility index (Phi) is 4.84. The highest BCUT2D eigenvalue weighted by Gasteiger charge is 2.11. The van der Waals surface area contributed by atoms with E-state index < -0.39 is 0 Å². The SMILES string of the molecule is COc1ccc(Cn2cc(Cc3ccccc3)c3ccccc32)cc1OC. The number of nitrogens with zero attached hydrogens (tertiary/aromatic N) is 1. The third-order valence-corrected chi connectivity index (χ3v) is 4.91. The topological polar surface area (TPSA) is 23.4 Å². The highest BCUT2D eigenvalue weighted by molar-refractivity contribution is 5.84. The van der Waals surface area contributed by atoms with Crippen LogP contribution in [0.2, 0.25) is 0 Å². The predicted octanol–water partition coefficient (Wildman–Crippen LogP) is 5.30. The van der Waals surface area contributed by atoms with Gasteiger partial charge in [-0.1, -0.05) is 54.6 Å². The van der Waals surface area contributed by atoms with Crippen molar-refractivity contribution in [1.29, 1.82) is 0 Å². The monoisotopic (exact) mass is 357 g/mol. The van der Waals surface area contributed by atoms with Crippen molar-refractivity contribution in [2.24, 2.45) is 0 Å². The second-order valence-electron chi connectivity index (χ2n) is 6.65. The van der Waals surface area contributed by atoms with Gasteiger partial charge in [0.15, 0.2) is 11.5 Å². The fourth-order valence-corrected chi connectivity index (χ4v) is 3.59. The molecule has 27 heavy (non-hydrogen) atoms. The van der Waals surface area contributed by atoms with Gasteiger partial charge in [0.2, 0.25) is 0 Å². The quantitative estimate of drug-likeness (QED) is 0.468. The summed E-state index contributed by atoms with van der Waals surface area (Å²) in [6.45, 7) is 0.787. The number of rotatable bonds is 6. The highest BCUT2D eigenvalue weighted by atomic mass is 16.5. The second kappa shape index (κ2) is 7.58. The summed E-state index contributed by atoms with van der Waals surface area (Å²) in [5.41, 5.74) is 5.10. The molecule has 1 aromatic heterocycles. The van der Waals surface area contributed by atoms with Crippen LogP contribution in [0.5, 0.6) is 11.5 Å². The van der Waals surface area contributed by atoms with Crippen molar-refractivity contribution in [3.63, 3.8) is 0 Å². The maximum atomic E-state index is 5.45. The summed E-state index contributed by atoms with van der Waals surface area (Å²) >= 11 is 0. The van der Waals surface area contributed by atoms with E-state index >= 15 is 0 Å². The molecule has 0 atom stereocenters. The zero-order valence-corrected chi connectivity index (χ0v) is 15.7. The molecular formula is C24H23NO2. The average Bonchev–Trinajstić information content (AvgIpc) is 3.06. The number of methoxy groups -OCH3 is 2. The summed E-state index contributed by atoms with van der Waals surface area (Å²) in [6, 6.07) is 25.3. The molecule has 4 aromatic rings. The molecule has 0 N–H and O–H groups in total. The number of para-hydroxylation sites is 1. The third-order valence-electron chi connectivity index (χ3n) is 4.91. The third kappa shape index (κ3) is 3.54. The van der Waals surface area contributed by atoms with Crippen molar-refractivity contribution in [1.82, 2.24) is 4.57 Å². The number of hydrogen-bond donors (Lipinski definition) is 0. The lowest BCUT2D eigenvalue weighted by atomic mass is 10.0. The van der Waals surface area contributed by atoms with Gasteiger partial charge in [-0.05, 0) is 41.3 Å². The molecule has 0 aliphatic carbocycles. The van der Waals surface area contributed by atoms with Crippen LogP contribution < -0.4 is 9.47 Å². The minimum atomic E-state index is 0.753. The number of aromatic nitrogens is 1. The molecule has 0 unspecified atom stereocenters. The molecule has 0 saturated carbocycles. The Morgan fingerprint density at radius 2 is 1.48 bits per heavy atom. The first-order valence-electron chi connectivity index (χ1n) is 9.10. The van der Waals surface area contributed by atoms with Crippen LogP contribution in [0.1, 0.15) is 16.7 Å². The molecule has 4 rings (SSSR count). The normalized spacial score (nSPS) is 10.9. The van der Waals surface area contributed by atoms with E-state index in [-0.39, 0.29) is 0 Å². The molecule has 0 amide bonds. The standard InChI is InChI=1S/C24H23NO2/c1-26-23-13-12-19(15-24(23)27-2)16-25-17-20(14-18-8-4-3-5-9-18)21-10-6-7-11-22(21)25/h3-13,15,17H,14,16H2,1-2H3. The molecule has 1 heterocycles. The van der Waals surface area contributed by atoms with Crippen molar-refractivity contribution >= 4 is 10.9 Å². The Balaban J connectivity index is 1.70. The van der Waals surface area contributed by atoms with E-state index in [9.17, 15) is 0 Å². The van der Waals surface area contributed by atoms with Gasteiger partial charge in [0.05, 0.1) is 14.2 Å². The Labute approximate surface area is 159 Å². The van der Waals surface area contributed by atoms with Crippen LogP contribution in [0.3, 0.4) is 0 Å². The number of fused-ring (bicyclic) bond motifs is 1. The molecule has 136 valence electrons. The van der Waals surface area contributed by atoms with Crippen molar-refractivity contribution in [3.8, 4) is 11.5 Å². The molecule has 0 fully saturated rings. The first-order valence-corrected chi connectivity index (χ1v) is 9.10. The maximum Gasteiger partial charge on any atom is 0.161 e. The van der Waals surface area contributed by atoms with E-state index in [0.717, 1.165) is 24.5 Å². The van der Waals surface area contributed by atoms with Crippen molar-refractivity contribution in [2.45, 2.75) is 13.0 Å². The van der Waals surface area contributed by atoms with Crippen LogP contribution in [-0.2, 0) is 13.0 Å². The largest absolute Gasteiger partial charge is 0.493 e. The summed E-state index contributed by atoms with van der Waals surface area (Å²) < 4.78 is 13.1. The Morgan fingerprint density at radius 1 is 0.741 bits per heavy atom. The van der Waals surface area contributed by atoms with Crippen molar-refractivity contribution in [2.75, 3.05) is 14.2 Å². The first kappa shape index (κ1) is 17.2. The molecule has 0 bridgehead atoms. The van der Waals surface area contributed by atoms with E-state index in [4.69, 9.17) is 9.47 Å². The summed E-state index contributed by atoms with van der Waals surface area (Å²) in [7, 11) is 3.33. The van der Waals surface area contributed by atoms with E-state index in [2.05, 4.69) is 71.4 Å². The Morgan fingerprint density at radius 3 is 2.26 bits per heavy atom. The van der Waals surface area contributed by atoms with Gasteiger partial charge >= 0.3 is 0 Å². The lowest BCUT2D eigenvalue weighted by Gasteiger charge is -2.11. The van der Waals surface area contributed by atoms with Crippen LogP contribution in [0.4, 0.5) is 0 Å². The molecule has 3 heteroatoms. The molecule has 3 aromatic carbocycles. The van der Waals surface area contributed by atoms with Crippen molar-refractivity contribution < 1.29 is 9.47 Å². The molecule has 0 radical (unpaired) electrons. The minimum absolute atomic E-state index is 0.753. The molecule has 0 spiro atoms. The summed E-state index contributed by atoms with van der Waals surface area (Å²) in [5, 5.41) is 1.31. The fourth-order valence-electron chi connectivity index (χ4n) is 3.59. The van der Waals surface area contributed by atoms with E-state index in [0.29, 0.717) is 0 Å². The lowest BCUT2D eigenvalue weighted by molar-refractivity contribution is 0.354. The van der Waals surface area contributed by atoms with Gasteiger partial charge in [0.25, 0.3) is 0 Å². The smallest absolute Gasteiger partial charge is 0.161 e. The van der Waals surface area contributed by atoms with Crippen LogP contribution in [0, 0.1) is 0 Å². The van der Waals surface area contributed by atoms with Gasteiger partial charge in [-0.3, -0.25) is 0 Å². The zero-order valence-electron chi connectivity index (χ0n) is 15.7. The van der Waals surface area contributed by atoms with E-state index in [1.807, 2.05) is 12.1 Å². The summed E-state index contributed by atoms with van der Waals surface area (Å²) in [5.74, 6) is 1.51. The molecular weight excluding hydrogens is 334 g/mol. The number of benzene rings is 3. The van der Waals surface area contributed by atoms with Crippen LogP contribution >= 0.6 is 0 Å². The van der Waals surface area contributed by atoms with Gasteiger partial charge in [0.1, 0.15) is 0 Å². The Bertz CT molecular complexity index is 1050. The van der Waals surface area contributed by atoms with Crippen LogP contribution in [0.15, 0.2) is 79.0 Å². The summed E-state index contributed by atoms with van der Waals surface area (Å²) in [4.78, 5) is 0. The zero-order chi connectivity index (χ0) is 18.6. The van der Waals surface area contributed by atoms with Crippen LogP contribution in [0.25, 0.3) is 10.9 Å². The number of ether oxygens (including phenoxy) is 2. The van der Waals surface area contributed by atoms with Gasteiger partial charge in [-0.2, -0.15) is 0 Å². The summed E-state index contributed by atoms with van der Waals surface area (Å²) in [6.07, 6.45) is 3.20. The second-order valence-corrected chi connectivity index (χ2v) is 6.65. The predicted molar refractivity (Wildman–Crippen MR) is 110 cm³/mol.